The molecule has 1 saturated carbocycles. The van der Waals surface area contributed by atoms with Crippen LogP contribution in [0.4, 0.5) is 0 Å². The van der Waals surface area contributed by atoms with Gasteiger partial charge in [0.1, 0.15) is 5.60 Å². The Morgan fingerprint density at radius 3 is 2.21 bits per heavy atom. The van der Waals surface area contributed by atoms with Gasteiger partial charge in [-0.1, -0.05) is 12.2 Å². The van der Waals surface area contributed by atoms with Crippen LogP contribution in [0, 0.1) is 11.8 Å². The zero-order valence-electron chi connectivity index (χ0n) is 8.37. The fourth-order valence-electron chi connectivity index (χ4n) is 2.89. The molecule has 0 aromatic heterocycles. The minimum Gasteiger partial charge on any atom is -0.458 e. The molecule has 1 heterocycles. The second-order valence-corrected chi connectivity index (χ2v) is 4.19. The lowest BCUT2D eigenvalue weighted by atomic mass is 9.82. The van der Waals surface area contributed by atoms with Crippen molar-refractivity contribution in [3.05, 3.63) is 25.3 Å². The first kappa shape index (κ1) is 9.50. The average molecular weight is 192 g/mol. The summed E-state index contributed by atoms with van der Waals surface area (Å²) in [6, 6.07) is 0. The van der Waals surface area contributed by atoms with Crippen molar-refractivity contribution in [2.75, 3.05) is 0 Å². The van der Waals surface area contributed by atoms with E-state index < -0.39 is 0 Å². The standard InChI is InChI=1S/C12H16O2/c1-3-9-5-6-10(4-2)12(9)8-7-11(13)14-12/h3-4,9-10H,1-2,5-8H2/t9-,10-/m0/s1. The first-order valence-electron chi connectivity index (χ1n) is 5.20. The molecule has 2 heteroatoms. The molecule has 1 aliphatic carbocycles. The van der Waals surface area contributed by atoms with Crippen LogP contribution < -0.4 is 0 Å². The Morgan fingerprint density at radius 1 is 1.29 bits per heavy atom. The van der Waals surface area contributed by atoms with E-state index in [9.17, 15) is 4.79 Å². The van der Waals surface area contributed by atoms with Gasteiger partial charge in [0.25, 0.3) is 0 Å². The van der Waals surface area contributed by atoms with Crippen LogP contribution >= 0.6 is 0 Å². The molecule has 14 heavy (non-hydrogen) atoms. The lowest BCUT2D eigenvalue weighted by Gasteiger charge is -2.32. The molecule has 2 aliphatic rings. The quantitative estimate of drug-likeness (QED) is 0.496. The van der Waals surface area contributed by atoms with E-state index in [0.29, 0.717) is 18.3 Å². The van der Waals surface area contributed by atoms with E-state index in [-0.39, 0.29) is 11.6 Å². The number of hydrogen-bond acceptors (Lipinski definition) is 2. The molecule has 1 spiro atoms. The highest BCUT2D eigenvalue weighted by Crippen LogP contribution is 2.50. The highest BCUT2D eigenvalue weighted by Gasteiger charge is 2.53. The fraction of sp³-hybridized carbons (Fsp3) is 0.583. The highest BCUT2D eigenvalue weighted by atomic mass is 16.6. The highest BCUT2D eigenvalue weighted by molar-refractivity contribution is 5.72. The van der Waals surface area contributed by atoms with E-state index in [0.717, 1.165) is 19.3 Å². The van der Waals surface area contributed by atoms with Crippen molar-refractivity contribution in [2.45, 2.75) is 31.3 Å². The smallest absolute Gasteiger partial charge is 0.306 e. The normalized spacial score (nSPS) is 34.4. The molecule has 76 valence electrons. The van der Waals surface area contributed by atoms with Crippen molar-refractivity contribution in [3.8, 4) is 0 Å². The lowest BCUT2D eigenvalue weighted by molar-refractivity contribution is -0.152. The van der Waals surface area contributed by atoms with Gasteiger partial charge in [0.05, 0.1) is 0 Å². The minimum absolute atomic E-state index is 0.0643. The molecule has 1 saturated heterocycles. The van der Waals surface area contributed by atoms with E-state index in [1.165, 1.54) is 0 Å². The maximum atomic E-state index is 11.2. The zero-order valence-corrected chi connectivity index (χ0v) is 8.37. The first-order chi connectivity index (χ1) is 6.73. The van der Waals surface area contributed by atoms with Gasteiger partial charge < -0.3 is 4.74 Å². The predicted molar refractivity (Wildman–Crippen MR) is 54.7 cm³/mol. The molecular formula is C12H16O2. The largest absolute Gasteiger partial charge is 0.458 e. The van der Waals surface area contributed by atoms with Gasteiger partial charge in [-0.2, -0.15) is 0 Å². The van der Waals surface area contributed by atoms with Crippen LogP contribution in [0.15, 0.2) is 25.3 Å². The molecule has 2 fully saturated rings. The molecular weight excluding hydrogens is 176 g/mol. The SMILES string of the molecule is C=C[C@H]1CC[C@H](C=C)C12CCC(=O)O2. The monoisotopic (exact) mass is 192 g/mol. The second-order valence-electron chi connectivity index (χ2n) is 4.19. The first-order valence-corrected chi connectivity index (χ1v) is 5.20. The zero-order chi connectivity index (χ0) is 10.2. The number of carbonyl (C=O) groups excluding carboxylic acids is 1. The number of rotatable bonds is 2. The van der Waals surface area contributed by atoms with Gasteiger partial charge in [0, 0.05) is 18.3 Å². The van der Waals surface area contributed by atoms with Crippen LogP contribution in [0.25, 0.3) is 0 Å². The summed E-state index contributed by atoms with van der Waals surface area (Å²) in [6.45, 7) is 7.66. The van der Waals surface area contributed by atoms with E-state index in [4.69, 9.17) is 4.74 Å². The van der Waals surface area contributed by atoms with E-state index in [1.807, 2.05) is 12.2 Å². The summed E-state index contributed by atoms with van der Waals surface area (Å²) in [7, 11) is 0. The molecule has 0 aromatic rings. The van der Waals surface area contributed by atoms with E-state index in [1.54, 1.807) is 0 Å². The Morgan fingerprint density at radius 2 is 1.86 bits per heavy atom. The Kier molecular flexibility index (Phi) is 2.22. The summed E-state index contributed by atoms with van der Waals surface area (Å²) in [5, 5.41) is 0. The number of hydrogen-bond donors (Lipinski definition) is 0. The Labute approximate surface area is 84.6 Å². The lowest BCUT2D eigenvalue weighted by Crippen LogP contribution is -2.37. The van der Waals surface area contributed by atoms with Gasteiger partial charge in [-0.25, -0.2) is 0 Å². The average Bonchev–Trinajstić information content (AvgIpc) is 2.72. The molecule has 2 nitrogen and oxygen atoms in total. The Bertz CT molecular complexity index is 264. The third-order valence-electron chi connectivity index (χ3n) is 3.64. The fourth-order valence-corrected chi connectivity index (χ4v) is 2.89. The number of ether oxygens (including phenoxy) is 1. The molecule has 0 N–H and O–H groups in total. The van der Waals surface area contributed by atoms with Crippen LogP contribution in [0.5, 0.6) is 0 Å². The van der Waals surface area contributed by atoms with Gasteiger partial charge in [-0.3, -0.25) is 4.79 Å². The summed E-state index contributed by atoms with van der Waals surface area (Å²) in [6.07, 6.45) is 7.37. The van der Waals surface area contributed by atoms with Crippen molar-refractivity contribution >= 4 is 5.97 Å². The molecule has 1 aliphatic heterocycles. The number of carbonyl (C=O) groups is 1. The third-order valence-corrected chi connectivity index (χ3v) is 3.64. The van der Waals surface area contributed by atoms with Crippen LogP contribution in [-0.2, 0) is 9.53 Å². The topological polar surface area (TPSA) is 26.3 Å². The summed E-state index contributed by atoms with van der Waals surface area (Å²) in [4.78, 5) is 11.2. The van der Waals surface area contributed by atoms with E-state index >= 15 is 0 Å². The minimum atomic E-state index is -0.291. The van der Waals surface area contributed by atoms with Crippen LogP contribution in [0.1, 0.15) is 25.7 Å². The predicted octanol–water partition coefficient (Wildman–Crippen LogP) is 2.46. The summed E-state index contributed by atoms with van der Waals surface area (Å²) < 4.78 is 5.54. The van der Waals surface area contributed by atoms with Crippen molar-refractivity contribution in [2.24, 2.45) is 11.8 Å². The maximum Gasteiger partial charge on any atom is 0.306 e. The molecule has 0 radical (unpaired) electrons. The van der Waals surface area contributed by atoms with Crippen LogP contribution in [-0.4, -0.2) is 11.6 Å². The van der Waals surface area contributed by atoms with Crippen molar-refractivity contribution in [1.29, 1.82) is 0 Å². The molecule has 0 bridgehead atoms. The second kappa shape index (κ2) is 3.26. The molecule has 0 amide bonds. The van der Waals surface area contributed by atoms with Crippen LogP contribution in [0.2, 0.25) is 0 Å². The summed E-state index contributed by atoms with van der Waals surface area (Å²) in [5.74, 6) is 0.569. The molecule has 2 rings (SSSR count). The van der Waals surface area contributed by atoms with Crippen molar-refractivity contribution in [1.82, 2.24) is 0 Å². The Hall–Kier alpha value is -1.05. The van der Waals surface area contributed by atoms with Crippen molar-refractivity contribution < 1.29 is 9.53 Å². The molecule has 0 aromatic carbocycles. The van der Waals surface area contributed by atoms with Gasteiger partial charge >= 0.3 is 5.97 Å². The summed E-state index contributed by atoms with van der Waals surface area (Å²) >= 11 is 0. The number of esters is 1. The molecule has 0 unspecified atom stereocenters. The van der Waals surface area contributed by atoms with Gasteiger partial charge in [-0.05, 0) is 19.3 Å². The molecule has 2 atom stereocenters. The van der Waals surface area contributed by atoms with Crippen molar-refractivity contribution in [3.63, 3.8) is 0 Å². The van der Waals surface area contributed by atoms with Gasteiger partial charge in [0.2, 0.25) is 0 Å². The van der Waals surface area contributed by atoms with Gasteiger partial charge in [0.15, 0.2) is 0 Å². The summed E-state index contributed by atoms with van der Waals surface area (Å²) in [5.41, 5.74) is -0.291. The third kappa shape index (κ3) is 1.13. The maximum absolute atomic E-state index is 11.2. The van der Waals surface area contributed by atoms with Crippen LogP contribution in [0.3, 0.4) is 0 Å². The van der Waals surface area contributed by atoms with E-state index in [2.05, 4.69) is 13.2 Å². The Balaban J connectivity index is 2.30. The van der Waals surface area contributed by atoms with Gasteiger partial charge in [-0.15, -0.1) is 13.2 Å².